The van der Waals surface area contributed by atoms with Crippen molar-refractivity contribution in [3.63, 3.8) is 0 Å². The Morgan fingerprint density at radius 3 is 2.78 bits per heavy atom. The molecule has 6 heteroatoms. The number of nitrogens with one attached hydrogen (secondary N) is 2. The molecule has 2 N–H and O–H groups in total. The molecular formula is C12H17FN2O2S. The van der Waals surface area contributed by atoms with Gasteiger partial charge in [-0.1, -0.05) is 19.1 Å². The highest BCUT2D eigenvalue weighted by Gasteiger charge is 2.27. The van der Waals surface area contributed by atoms with Crippen molar-refractivity contribution >= 4 is 10.0 Å². The maximum absolute atomic E-state index is 13.5. The molecule has 0 aromatic heterocycles. The molecule has 0 bridgehead atoms. The molecule has 100 valence electrons. The molecule has 2 rings (SSSR count). The monoisotopic (exact) mass is 272 g/mol. The summed E-state index contributed by atoms with van der Waals surface area (Å²) in [6.45, 7) is 3.51. The largest absolute Gasteiger partial charge is 0.316 e. The molecule has 1 fully saturated rings. The zero-order chi connectivity index (χ0) is 13.2. The molecule has 0 spiro atoms. The smallest absolute Gasteiger partial charge is 0.243 e. The molecule has 1 aromatic rings. The Balaban J connectivity index is 2.19. The SMILES string of the molecule is CC1CNCCC1NS(=O)(=O)c1ccccc1F. The number of halogens is 1. The minimum Gasteiger partial charge on any atom is -0.316 e. The Kier molecular flexibility index (Phi) is 3.99. The van der Waals surface area contributed by atoms with Crippen LogP contribution in [0.3, 0.4) is 0 Å². The van der Waals surface area contributed by atoms with Crippen molar-refractivity contribution in [1.29, 1.82) is 0 Å². The van der Waals surface area contributed by atoms with Crippen molar-refractivity contribution in [1.82, 2.24) is 10.0 Å². The van der Waals surface area contributed by atoms with Crippen molar-refractivity contribution < 1.29 is 12.8 Å². The van der Waals surface area contributed by atoms with Crippen molar-refractivity contribution in [2.24, 2.45) is 5.92 Å². The van der Waals surface area contributed by atoms with Gasteiger partial charge in [-0.05, 0) is 37.6 Å². The van der Waals surface area contributed by atoms with E-state index in [1.54, 1.807) is 0 Å². The Bertz CT molecular complexity index is 519. The molecule has 4 nitrogen and oxygen atoms in total. The lowest BCUT2D eigenvalue weighted by Gasteiger charge is -2.29. The van der Waals surface area contributed by atoms with Gasteiger partial charge in [0.25, 0.3) is 0 Å². The third-order valence-corrected chi connectivity index (χ3v) is 4.74. The minimum absolute atomic E-state index is 0.143. The van der Waals surface area contributed by atoms with E-state index in [1.807, 2.05) is 6.92 Å². The molecule has 1 aromatic carbocycles. The highest BCUT2D eigenvalue weighted by Crippen LogP contribution is 2.17. The van der Waals surface area contributed by atoms with Crippen molar-refractivity contribution in [3.8, 4) is 0 Å². The van der Waals surface area contributed by atoms with Gasteiger partial charge >= 0.3 is 0 Å². The van der Waals surface area contributed by atoms with Gasteiger partial charge in [-0.2, -0.15) is 0 Å². The molecule has 1 heterocycles. The van der Waals surface area contributed by atoms with Crippen LogP contribution in [0.25, 0.3) is 0 Å². The Labute approximate surface area is 107 Å². The molecule has 1 aliphatic heterocycles. The summed E-state index contributed by atoms with van der Waals surface area (Å²) in [5, 5.41) is 3.19. The molecule has 2 unspecified atom stereocenters. The van der Waals surface area contributed by atoms with E-state index in [9.17, 15) is 12.8 Å². The van der Waals surface area contributed by atoms with Crippen LogP contribution < -0.4 is 10.0 Å². The van der Waals surface area contributed by atoms with Crippen LogP contribution in [-0.4, -0.2) is 27.5 Å². The second kappa shape index (κ2) is 5.34. The van der Waals surface area contributed by atoms with Crippen LogP contribution in [0.2, 0.25) is 0 Å². The van der Waals surface area contributed by atoms with Crippen LogP contribution in [0.4, 0.5) is 4.39 Å². The van der Waals surface area contributed by atoms with Crippen LogP contribution >= 0.6 is 0 Å². The lowest BCUT2D eigenvalue weighted by molar-refractivity contribution is 0.327. The highest BCUT2D eigenvalue weighted by molar-refractivity contribution is 7.89. The van der Waals surface area contributed by atoms with Gasteiger partial charge < -0.3 is 5.32 Å². The average Bonchev–Trinajstić information content (AvgIpc) is 2.32. The van der Waals surface area contributed by atoms with Gasteiger partial charge in [0.15, 0.2) is 0 Å². The van der Waals surface area contributed by atoms with E-state index in [0.29, 0.717) is 0 Å². The van der Waals surface area contributed by atoms with Crippen LogP contribution in [0.15, 0.2) is 29.2 Å². The van der Waals surface area contributed by atoms with E-state index in [0.717, 1.165) is 25.6 Å². The topological polar surface area (TPSA) is 58.2 Å². The fraction of sp³-hybridized carbons (Fsp3) is 0.500. The summed E-state index contributed by atoms with van der Waals surface area (Å²) in [6, 6.07) is 5.28. The Morgan fingerprint density at radius 1 is 1.39 bits per heavy atom. The average molecular weight is 272 g/mol. The first-order valence-corrected chi connectivity index (χ1v) is 7.46. The maximum atomic E-state index is 13.5. The number of piperidine rings is 1. The van der Waals surface area contributed by atoms with Gasteiger partial charge in [0.1, 0.15) is 10.7 Å². The predicted molar refractivity (Wildman–Crippen MR) is 67.2 cm³/mol. The standard InChI is InChI=1S/C12H17FN2O2S/c1-9-8-14-7-6-11(9)15-18(16,17)12-5-3-2-4-10(12)13/h2-5,9,11,14-15H,6-8H2,1H3. The fourth-order valence-corrected chi connectivity index (χ4v) is 3.57. The molecular weight excluding hydrogens is 255 g/mol. The number of sulfonamides is 1. The van der Waals surface area contributed by atoms with Crippen molar-refractivity contribution in [2.75, 3.05) is 13.1 Å². The number of hydrogen-bond acceptors (Lipinski definition) is 3. The van der Waals surface area contributed by atoms with Crippen LogP contribution in [-0.2, 0) is 10.0 Å². The first-order valence-electron chi connectivity index (χ1n) is 5.98. The lowest BCUT2D eigenvalue weighted by Crippen LogP contribution is -2.48. The summed E-state index contributed by atoms with van der Waals surface area (Å²) in [6.07, 6.45) is 0.717. The van der Waals surface area contributed by atoms with Crippen molar-refractivity contribution in [3.05, 3.63) is 30.1 Å². The number of benzene rings is 1. The summed E-state index contributed by atoms with van der Waals surface area (Å²) in [5.74, 6) is -0.521. The Hall–Kier alpha value is -0.980. The normalized spacial score (nSPS) is 25.0. The summed E-state index contributed by atoms with van der Waals surface area (Å²) in [7, 11) is -3.78. The molecule has 0 saturated carbocycles. The molecule has 0 aliphatic carbocycles. The highest BCUT2D eigenvalue weighted by atomic mass is 32.2. The second-order valence-corrected chi connectivity index (χ2v) is 6.31. The summed E-state index contributed by atoms with van der Waals surface area (Å²) < 4.78 is 40.3. The van der Waals surface area contributed by atoms with Gasteiger partial charge in [0.2, 0.25) is 10.0 Å². The summed E-state index contributed by atoms with van der Waals surface area (Å²) >= 11 is 0. The fourth-order valence-electron chi connectivity index (χ4n) is 2.11. The first-order chi connectivity index (χ1) is 8.50. The lowest BCUT2D eigenvalue weighted by atomic mass is 9.97. The summed E-state index contributed by atoms with van der Waals surface area (Å²) in [5.41, 5.74) is 0. The zero-order valence-corrected chi connectivity index (χ0v) is 11.0. The molecule has 2 atom stereocenters. The van der Waals surface area contributed by atoms with E-state index >= 15 is 0 Å². The van der Waals surface area contributed by atoms with Gasteiger partial charge in [0, 0.05) is 6.04 Å². The molecule has 0 amide bonds. The number of rotatable bonds is 3. The number of hydrogen-bond donors (Lipinski definition) is 2. The van der Waals surface area contributed by atoms with Gasteiger partial charge in [-0.15, -0.1) is 0 Å². The van der Waals surface area contributed by atoms with Crippen LogP contribution in [0, 0.1) is 11.7 Å². The van der Waals surface area contributed by atoms with Crippen molar-refractivity contribution in [2.45, 2.75) is 24.3 Å². The van der Waals surface area contributed by atoms with Gasteiger partial charge in [-0.3, -0.25) is 0 Å². The summed E-state index contributed by atoms with van der Waals surface area (Å²) in [4.78, 5) is -0.282. The molecule has 1 aliphatic rings. The van der Waals surface area contributed by atoms with Crippen LogP contribution in [0.5, 0.6) is 0 Å². The molecule has 0 radical (unpaired) electrons. The van der Waals surface area contributed by atoms with E-state index < -0.39 is 15.8 Å². The van der Waals surface area contributed by atoms with E-state index in [2.05, 4.69) is 10.0 Å². The van der Waals surface area contributed by atoms with E-state index in [1.165, 1.54) is 18.2 Å². The first kappa shape index (κ1) is 13.5. The van der Waals surface area contributed by atoms with E-state index in [-0.39, 0.29) is 16.9 Å². The maximum Gasteiger partial charge on any atom is 0.243 e. The van der Waals surface area contributed by atoms with E-state index in [4.69, 9.17) is 0 Å². The van der Waals surface area contributed by atoms with Crippen LogP contribution in [0.1, 0.15) is 13.3 Å². The van der Waals surface area contributed by atoms with Gasteiger partial charge in [-0.25, -0.2) is 17.5 Å². The second-order valence-electron chi connectivity index (χ2n) is 4.63. The third-order valence-electron chi connectivity index (χ3n) is 3.22. The van der Waals surface area contributed by atoms with Gasteiger partial charge in [0.05, 0.1) is 0 Å². The Morgan fingerprint density at radius 2 is 2.11 bits per heavy atom. The molecule has 18 heavy (non-hydrogen) atoms. The quantitative estimate of drug-likeness (QED) is 0.866. The minimum atomic E-state index is -3.78. The third kappa shape index (κ3) is 2.88. The molecule has 1 saturated heterocycles. The zero-order valence-electron chi connectivity index (χ0n) is 10.2. The predicted octanol–water partition coefficient (Wildman–Crippen LogP) is 1.10.